The molecule has 0 aromatic carbocycles. The smallest absolute Gasteiger partial charge is 0.410 e. The predicted molar refractivity (Wildman–Crippen MR) is 55.0 cm³/mol. The van der Waals surface area contributed by atoms with Gasteiger partial charge >= 0.3 is 6.09 Å². The van der Waals surface area contributed by atoms with Gasteiger partial charge in [-0.05, 0) is 27.2 Å². The van der Waals surface area contributed by atoms with Crippen LogP contribution in [-0.4, -0.2) is 35.2 Å². The molecule has 1 amide bonds. The molecule has 1 rings (SSSR count). The van der Waals surface area contributed by atoms with Gasteiger partial charge in [0.05, 0.1) is 12.6 Å². The maximum atomic E-state index is 11.6. The van der Waals surface area contributed by atoms with Crippen molar-refractivity contribution < 1.29 is 9.53 Å². The minimum atomic E-state index is -0.906. The summed E-state index contributed by atoms with van der Waals surface area (Å²) in [5.74, 6) is 0. The van der Waals surface area contributed by atoms with Crippen LogP contribution >= 0.6 is 0 Å². The lowest BCUT2D eigenvalue weighted by Crippen LogP contribution is -2.43. The Labute approximate surface area is 89.8 Å². The lowest BCUT2D eigenvalue weighted by molar-refractivity contribution is 0.0289. The van der Waals surface area contributed by atoms with Crippen molar-refractivity contribution in [2.45, 2.75) is 38.3 Å². The molecule has 0 radical (unpaired) electrons. The fourth-order valence-corrected chi connectivity index (χ4v) is 1.41. The maximum Gasteiger partial charge on any atom is 0.410 e. The van der Waals surface area contributed by atoms with Gasteiger partial charge in [0.25, 0.3) is 0 Å². The summed E-state index contributed by atoms with van der Waals surface area (Å²) in [7, 11) is 0. The largest absolute Gasteiger partial charge is 0.444 e. The number of hydrogen-bond donors (Lipinski definition) is 1. The monoisotopic (exact) mass is 211 g/mol. The summed E-state index contributed by atoms with van der Waals surface area (Å²) in [4.78, 5) is 13.1. The topological polar surface area (TPSA) is 79.3 Å². The van der Waals surface area contributed by atoms with E-state index in [2.05, 4.69) is 0 Å². The number of carbonyl (C=O) groups excluding carboxylic acids is 1. The molecule has 1 aliphatic heterocycles. The molecule has 0 aliphatic carbocycles. The minimum Gasteiger partial charge on any atom is -0.444 e. The van der Waals surface area contributed by atoms with Crippen LogP contribution in [0.2, 0.25) is 0 Å². The quantitative estimate of drug-likeness (QED) is 0.644. The number of hydrogen-bond acceptors (Lipinski definition) is 4. The zero-order chi connectivity index (χ0) is 11.7. The highest BCUT2D eigenvalue weighted by molar-refractivity contribution is 5.69. The fourth-order valence-electron chi connectivity index (χ4n) is 1.41. The summed E-state index contributed by atoms with van der Waals surface area (Å²) >= 11 is 0. The highest BCUT2D eigenvalue weighted by Gasteiger charge is 2.38. The molecule has 0 aromatic rings. The van der Waals surface area contributed by atoms with Crippen LogP contribution in [0.15, 0.2) is 0 Å². The molecular weight excluding hydrogens is 194 g/mol. The predicted octanol–water partition coefficient (Wildman–Crippen LogP) is 0.848. The summed E-state index contributed by atoms with van der Waals surface area (Å²) in [5, 5.41) is 8.80. The number of likely N-dealkylation sites (tertiary alicyclic amines) is 1. The van der Waals surface area contributed by atoms with Gasteiger partial charge < -0.3 is 15.4 Å². The van der Waals surface area contributed by atoms with Crippen LogP contribution in [-0.2, 0) is 4.74 Å². The Morgan fingerprint density at radius 1 is 1.60 bits per heavy atom. The number of rotatable bonds is 0. The molecule has 0 aromatic heterocycles. The van der Waals surface area contributed by atoms with Crippen LogP contribution in [0.4, 0.5) is 4.79 Å². The van der Waals surface area contributed by atoms with Gasteiger partial charge in [-0.2, -0.15) is 5.26 Å². The molecule has 84 valence electrons. The van der Waals surface area contributed by atoms with Crippen LogP contribution < -0.4 is 5.73 Å². The Morgan fingerprint density at radius 3 is 2.60 bits per heavy atom. The molecule has 1 saturated heterocycles. The van der Waals surface area contributed by atoms with Crippen LogP contribution in [0.25, 0.3) is 0 Å². The standard InChI is InChI=1S/C10H17N3O2/c1-9(2,3)15-8(14)13-5-4-10(12,6-11)7-13/h4-5,7,12H2,1-3H3/t10-/m0/s1. The molecular formula is C10H17N3O2. The van der Waals surface area contributed by atoms with E-state index in [0.29, 0.717) is 13.0 Å². The van der Waals surface area contributed by atoms with Crippen molar-refractivity contribution >= 4 is 6.09 Å². The lowest BCUT2D eigenvalue weighted by atomic mass is 10.0. The third-order valence-electron chi connectivity index (χ3n) is 2.18. The number of nitrogens with zero attached hydrogens (tertiary/aromatic N) is 2. The van der Waals surface area contributed by atoms with Crippen LogP contribution in [0.5, 0.6) is 0 Å². The highest BCUT2D eigenvalue weighted by atomic mass is 16.6. The molecule has 0 spiro atoms. The molecule has 2 N–H and O–H groups in total. The van der Waals surface area contributed by atoms with Gasteiger partial charge in [0, 0.05) is 6.54 Å². The van der Waals surface area contributed by atoms with E-state index < -0.39 is 17.2 Å². The van der Waals surface area contributed by atoms with Crippen LogP contribution in [0, 0.1) is 11.3 Å². The van der Waals surface area contributed by atoms with Gasteiger partial charge in [-0.15, -0.1) is 0 Å². The van der Waals surface area contributed by atoms with Gasteiger partial charge in [-0.25, -0.2) is 4.79 Å². The molecule has 15 heavy (non-hydrogen) atoms. The summed E-state index contributed by atoms with van der Waals surface area (Å²) < 4.78 is 5.18. The average molecular weight is 211 g/mol. The first-order valence-electron chi connectivity index (χ1n) is 4.94. The molecule has 1 heterocycles. The molecule has 1 atom stereocenters. The van der Waals surface area contributed by atoms with Crippen molar-refractivity contribution in [2.75, 3.05) is 13.1 Å². The van der Waals surface area contributed by atoms with E-state index in [1.807, 2.05) is 6.07 Å². The first-order valence-corrected chi connectivity index (χ1v) is 4.94. The fraction of sp³-hybridized carbons (Fsp3) is 0.800. The van der Waals surface area contributed by atoms with Gasteiger partial charge in [-0.1, -0.05) is 0 Å². The first kappa shape index (κ1) is 11.8. The summed E-state index contributed by atoms with van der Waals surface area (Å²) in [5.41, 5.74) is 4.32. The van der Waals surface area contributed by atoms with Gasteiger partial charge in [-0.3, -0.25) is 0 Å². The van der Waals surface area contributed by atoms with Crippen LogP contribution in [0.3, 0.4) is 0 Å². The second-order valence-electron chi connectivity index (χ2n) is 4.92. The van der Waals surface area contributed by atoms with Gasteiger partial charge in [0.15, 0.2) is 0 Å². The van der Waals surface area contributed by atoms with E-state index >= 15 is 0 Å². The molecule has 0 unspecified atom stereocenters. The van der Waals surface area contributed by atoms with Crippen molar-refractivity contribution in [3.8, 4) is 6.07 Å². The van der Waals surface area contributed by atoms with Crippen molar-refractivity contribution in [3.05, 3.63) is 0 Å². The molecule has 5 heteroatoms. The molecule has 1 aliphatic rings. The van der Waals surface area contributed by atoms with Crippen molar-refractivity contribution in [3.63, 3.8) is 0 Å². The Balaban J connectivity index is 2.56. The lowest BCUT2D eigenvalue weighted by Gasteiger charge is -2.24. The van der Waals surface area contributed by atoms with Crippen molar-refractivity contribution in [2.24, 2.45) is 5.73 Å². The molecule has 1 fully saturated rings. The molecule has 0 bridgehead atoms. The first-order chi connectivity index (χ1) is 6.76. The number of amides is 1. The number of nitriles is 1. The van der Waals surface area contributed by atoms with E-state index in [0.717, 1.165) is 0 Å². The Bertz CT molecular complexity index is 303. The summed E-state index contributed by atoms with van der Waals surface area (Å²) in [6.45, 7) is 6.15. The third-order valence-corrected chi connectivity index (χ3v) is 2.18. The summed E-state index contributed by atoms with van der Waals surface area (Å²) in [6, 6.07) is 2.02. The maximum absolute atomic E-state index is 11.6. The van der Waals surface area contributed by atoms with E-state index in [-0.39, 0.29) is 6.54 Å². The summed E-state index contributed by atoms with van der Waals surface area (Å²) in [6.07, 6.45) is 0.105. The Hall–Kier alpha value is -1.28. The molecule has 0 saturated carbocycles. The van der Waals surface area contributed by atoms with Crippen molar-refractivity contribution in [1.82, 2.24) is 4.90 Å². The third kappa shape index (κ3) is 3.10. The highest BCUT2D eigenvalue weighted by Crippen LogP contribution is 2.20. The molecule has 5 nitrogen and oxygen atoms in total. The zero-order valence-electron chi connectivity index (χ0n) is 9.41. The second kappa shape index (κ2) is 3.70. The van der Waals surface area contributed by atoms with E-state index in [4.69, 9.17) is 15.7 Å². The number of carbonyl (C=O) groups is 1. The SMILES string of the molecule is CC(C)(C)OC(=O)N1CC[C@](N)(C#N)C1. The van der Waals surface area contributed by atoms with E-state index in [9.17, 15) is 4.79 Å². The zero-order valence-corrected chi connectivity index (χ0v) is 9.41. The van der Waals surface area contributed by atoms with Gasteiger partial charge in [0.2, 0.25) is 0 Å². The van der Waals surface area contributed by atoms with Crippen LogP contribution in [0.1, 0.15) is 27.2 Å². The van der Waals surface area contributed by atoms with E-state index in [1.165, 1.54) is 4.90 Å². The van der Waals surface area contributed by atoms with Crippen molar-refractivity contribution in [1.29, 1.82) is 5.26 Å². The minimum absolute atomic E-state index is 0.248. The Kier molecular flexibility index (Phi) is 2.91. The average Bonchev–Trinajstić information content (AvgIpc) is 2.46. The number of ether oxygens (including phenoxy) is 1. The van der Waals surface area contributed by atoms with Gasteiger partial charge in [0.1, 0.15) is 11.1 Å². The number of nitrogens with two attached hydrogens (primary N) is 1. The Morgan fingerprint density at radius 2 is 2.20 bits per heavy atom. The normalized spacial score (nSPS) is 26.2. The van der Waals surface area contributed by atoms with E-state index in [1.54, 1.807) is 20.8 Å². The second-order valence-corrected chi connectivity index (χ2v) is 4.92.